The van der Waals surface area contributed by atoms with E-state index in [0.29, 0.717) is 18.4 Å². The number of carbonyl (C=O) groups excluding carboxylic acids is 4. The third-order valence-electron chi connectivity index (χ3n) is 6.19. The van der Waals surface area contributed by atoms with E-state index in [1.165, 1.54) is 17.0 Å². The molecule has 0 bridgehead atoms. The number of nitrogens with zero attached hydrogens (tertiary/aromatic N) is 1. The number of carboxylic acid groups (broad SMARTS) is 1. The van der Waals surface area contributed by atoms with E-state index in [0.717, 1.165) is 0 Å². The predicted octanol–water partition coefficient (Wildman–Crippen LogP) is -0.381. The number of hydrogen-bond acceptors (Lipinski definition) is 7. The van der Waals surface area contributed by atoms with Crippen molar-refractivity contribution in [3.05, 3.63) is 29.8 Å². The summed E-state index contributed by atoms with van der Waals surface area (Å²) >= 11 is 0. The lowest BCUT2D eigenvalue weighted by Gasteiger charge is -2.29. The fraction of sp³-hybridized carbons (Fsp3) is 0.560. The van der Waals surface area contributed by atoms with Crippen LogP contribution in [0.5, 0.6) is 5.75 Å². The van der Waals surface area contributed by atoms with E-state index in [1.54, 1.807) is 12.1 Å². The monoisotopic (exact) mass is 519 g/mol. The van der Waals surface area contributed by atoms with Crippen LogP contribution in [0, 0.1) is 5.92 Å². The molecule has 37 heavy (non-hydrogen) atoms. The zero-order valence-electron chi connectivity index (χ0n) is 21.2. The van der Waals surface area contributed by atoms with Crippen LogP contribution in [0.4, 0.5) is 0 Å². The summed E-state index contributed by atoms with van der Waals surface area (Å²) in [4.78, 5) is 63.5. The molecule has 8 N–H and O–H groups in total. The maximum absolute atomic E-state index is 13.4. The van der Waals surface area contributed by atoms with Gasteiger partial charge in [-0.25, -0.2) is 4.79 Å². The molecule has 0 aromatic heterocycles. The lowest BCUT2D eigenvalue weighted by atomic mass is 10.0. The first-order chi connectivity index (χ1) is 17.4. The normalized spacial score (nSPS) is 17.6. The van der Waals surface area contributed by atoms with Gasteiger partial charge in [-0.15, -0.1) is 0 Å². The van der Waals surface area contributed by atoms with Crippen molar-refractivity contribution in [2.45, 2.75) is 76.5 Å². The van der Waals surface area contributed by atoms with E-state index in [-0.39, 0.29) is 43.9 Å². The molecule has 0 aliphatic carbocycles. The number of nitrogens with two attached hydrogens (primary N) is 2. The van der Waals surface area contributed by atoms with Gasteiger partial charge in [0.25, 0.3) is 0 Å². The van der Waals surface area contributed by atoms with Crippen molar-refractivity contribution in [3.8, 4) is 5.75 Å². The van der Waals surface area contributed by atoms with Crippen molar-refractivity contribution in [2.75, 3.05) is 6.54 Å². The number of benzene rings is 1. The van der Waals surface area contributed by atoms with Gasteiger partial charge in [-0.05, 0) is 49.3 Å². The average Bonchev–Trinajstić information content (AvgIpc) is 3.32. The third kappa shape index (κ3) is 9.05. The van der Waals surface area contributed by atoms with Gasteiger partial charge in [-0.3, -0.25) is 19.2 Å². The molecule has 0 saturated carbocycles. The summed E-state index contributed by atoms with van der Waals surface area (Å²) in [6.45, 7) is 4.02. The van der Waals surface area contributed by atoms with E-state index >= 15 is 0 Å². The first-order valence-corrected chi connectivity index (χ1v) is 12.3. The van der Waals surface area contributed by atoms with Crippen molar-refractivity contribution >= 4 is 29.6 Å². The van der Waals surface area contributed by atoms with E-state index in [4.69, 9.17) is 11.5 Å². The maximum Gasteiger partial charge on any atom is 0.326 e. The van der Waals surface area contributed by atoms with Crippen LogP contribution in [0.2, 0.25) is 0 Å². The van der Waals surface area contributed by atoms with Gasteiger partial charge in [-0.1, -0.05) is 26.0 Å². The molecule has 0 spiro atoms. The number of carboxylic acids is 1. The Labute approximate surface area is 215 Å². The molecule has 4 amide bonds. The Morgan fingerprint density at radius 3 is 2.24 bits per heavy atom. The van der Waals surface area contributed by atoms with Crippen molar-refractivity contribution in [1.82, 2.24) is 15.5 Å². The van der Waals surface area contributed by atoms with Gasteiger partial charge in [-0.2, -0.15) is 0 Å². The van der Waals surface area contributed by atoms with Gasteiger partial charge in [0.05, 0.1) is 6.04 Å². The number of likely N-dealkylation sites (tertiary alicyclic amines) is 1. The van der Waals surface area contributed by atoms with Crippen molar-refractivity contribution in [2.24, 2.45) is 17.4 Å². The van der Waals surface area contributed by atoms with Crippen LogP contribution in [0.3, 0.4) is 0 Å². The van der Waals surface area contributed by atoms with Crippen LogP contribution in [0.15, 0.2) is 24.3 Å². The second-order valence-electron chi connectivity index (χ2n) is 9.76. The number of aliphatic carboxylic acids is 1. The van der Waals surface area contributed by atoms with Gasteiger partial charge >= 0.3 is 5.97 Å². The molecule has 1 heterocycles. The first-order valence-electron chi connectivity index (χ1n) is 12.3. The molecular formula is C25H37N5O7. The van der Waals surface area contributed by atoms with Crippen LogP contribution in [0.1, 0.15) is 51.5 Å². The largest absolute Gasteiger partial charge is 0.508 e. The second-order valence-corrected chi connectivity index (χ2v) is 9.76. The molecule has 2 rings (SSSR count). The topological polar surface area (TPSA) is 205 Å². The lowest BCUT2D eigenvalue weighted by molar-refractivity contribution is -0.149. The highest BCUT2D eigenvalue weighted by Crippen LogP contribution is 2.20. The number of primary amides is 1. The zero-order valence-corrected chi connectivity index (χ0v) is 21.2. The summed E-state index contributed by atoms with van der Waals surface area (Å²) < 4.78 is 0. The number of phenolic OH excluding ortho intramolecular Hbond substituents is 1. The highest BCUT2D eigenvalue weighted by molar-refractivity contribution is 5.94. The summed E-state index contributed by atoms with van der Waals surface area (Å²) in [5, 5.41) is 24.3. The summed E-state index contributed by atoms with van der Waals surface area (Å²) in [7, 11) is 0. The molecular weight excluding hydrogens is 482 g/mol. The molecule has 1 saturated heterocycles. The van der Waals surface area contributed by atoms with Gasteiger partial charge < -0.3 is 37.2 Å². The zero-order chi connectivity index (χ0) is 27.7. The Morgan fingerprint density at radius 2 is 1.68 bits per heavy atom. The number of rotatable bonds is 13. The summed E-state index contributed by atoms with van der Waals surface area (Å²) in [5.74, 6) is -3.54. The molecule has 4 unspecified atom stereocenters. The standard InChI is InChI=1S/C25H37N5O7/c1-14(2)12-17(26)22(33)29-19(13-15-5-7-16(31)8-6-15)23(34)28-18(9-10-21(27)32)24(35)30-11-3-4-20(30)25(36)37/h5-8,14,17-20,31H,3-4,9-13,26H2,1-2H3,(H2,27,32)(H,28,34)(H,29,33)(H,36,37). The minimum atomic E-state index is -1.22. The van der Waals surface area contributed by atoms with Crippen molar-refractivity contribution in [1.29, 1.82) is 0 Å². The summed E-state index contributed by atoms with van der Waals surface area (Å²) in [6, 6.07) is 1.83. The molecule has 12 nitrogen and oxygen atoms in total. The molecule has 1 aromatic rings. The SMILES string of the molecule is CC(C)CC(N)C(=O)NC(Cc1ccc(O)cc1)C(=O)NC(CCC(N)=O)C(=O)N1CCCC1C(=O)O. The van der Waals surface area contributed by atoms with Crippen LogP contribution >= 0.6 is 0 Å². The van der Waals surface area contributed by atoms with Gasteiger partial charge in [0, 0.05) is 19.4 Å². The summed E-state index contributed by atoms with van der Waals surface area (Å²) in [5.41, 5.74) is 11.9. The fourth-order valence-electron chi connectivity index (χ4n) is 4.27. The van der Waals surface area contributed by atoms with Crippen LogP contribution in [-0.2, 0) is 30.4 Å². The van der Waals surface area contributed by atoms with Gasteiger partial charge in [0.15, 0.2) is 0 Å². The Morgan fingerprint density at radius 1 is 1.05 bits per heavy atom. The van der Waals surface area contributed by atoms with Crippen LogP contribution < -0.4 is 22.1 Å². The molecule has 4 atom stereocenters. The Bertz CT molecular complexity index is 982. The Hall–Kier alpha value is -3.67. The van der Waals surface area contributed by atoms with Crippen molar-refractivity contribution in [3.63, 3.8) is 0 Å². The number of aromatic hydroxyl groups is 1. The lowest BCUT2D eigenvalue weighted by Crippen LogP contribution is -2.57. The Balaban J connectivity index is 2.26. The third-order valence-corrected chi connectivity index (χ3v) is 6.19. The quantitative estimate of drug-likeness (QED) is 0.202. The molecule has 204 valence electrons. The minimum absolute atomic E-state index is 0.0310. The number of hydrogen-bond donors (Lipinski definition) is 6. The van der Waals surface area contributed by atoms with Gasteiger partial charge in [0.2, 0.25) is 23.6 Å². The predicted molar refractivity (Wildman–Crippen MR) is 134 cm³/mol. The highest BCUT2D eigenvalue weighted by Gasteiger charge is 2.38. The Kier molecular flexibility index (Phi) is 10.9. The molecule has 0 radical (unpaired) electrons. The van der Waals surface area contributed by atoms with Crippen molar-refractivity contribution < 1.29 is 34.2 Å². The molecule has 12 heteroatoms. The first kappa shape index (κ1) is 29.6. The van der Waals surface area contributed by atoms with E-state index in [1.807, 2.05) is 13.8 Å². The fourth-order valence-corrected chi connectivity index (χ4v) is 4.27. The summed E-state index contributed by atoms with van der Waals surface area (Å²) in [6.07, 6.45) is 0.860. The number of amides is 4. The van der Waals surface area contributed by atoms with E-state index in [2.05, 4.69) is 10.6 Å². The number of nitrogens with one attached hydrogen (secondary N) is 2. The highest BCUT2D eigenvalue weighted by atomic mass is 16.4. The second kappa shape index (κ2) is 13.6. The average molecular weight is 520 g/mol. The van der Waals surface area contributed by atoms with Crippen LogP contribution in [-0.4, -0.2) is 75.4 Å². The minimum Gasteiger partial charge on any atom is -0.508 e. The van der Waals surface area contributed by atoms with Crippen LogP contribution in [0.25, 0.3) is 0 Å². The smallest absolute Gasteiger partial charge is 0.326 e. The molecule has 1 fully saturated rings. The molecule has 1 aliphatic rings. The molecule has 1 aliphatic heterocycles. The van der Waals surface area contributed by atoms with Gasteiger partial charge in [0.1, 0.15) is 23.9 Å². The maximum atomic E-state index is 13.4. The molecule has 1 aromatic carbocycles. The number of phenols is 1. The van der Waals surface area contributed by atoms with E-state index in [9.17, 15) is 34.2 Å². The van der Waals surface area contributed by atoms with E-state index < -0.39 is 53.8 Å². The number of carbonyl (C=O) groups is 5.